The van der Waals surface area contributed by atoms with Gasteiger partial charge in [0.15, 0.2) is 0 Å². The SMILES string of the molecule is COC(=O)CCc1ccc(O)cc1N=Cc1cc(Br)ccc1O. The molecule has 0 saturated heterocycles. The number of halogens is 1. The molecular formula is C17H16BrNO4. The van der Waals surface area contributed by atoms with Crippen LogP contribution in [0.15, 0.2) is 45.9 Å². The van der Waals surface area contributed by atoms with E-state index in [1.165, 1.54) is 19.4 Å². The van der Waals surface area contributed by atoms with Crippen LogP contribution in [0.3, 0.4) is 0 Å². The van der Waals surface area contributed by atoms with Crippen molar-refractivity contribution >= 4 is 33.8 Å². The van der Waals surface area contributed by atoms with Crippen LogP contribution in [-0.4, -0.2) is 29.5 Å². The quantitative estimate of drug-likeness (QED) is 0.614. The van der Waals surface area contributed by atoms with Crippen molar-refractivity contribution in [3.8, 4) is 11.5 Å². The summed E-state index contributed by atoms with van der Waals surface area (Å²) in [5.74, 6) is -0.122. The summed E-state index contributed by atoms with van der Waals surface area (Å²) >= 11 is 3.33. The standard InChI is InChI=1S/C17H16BrNO4/c1-23-17(22)7-3-11-2-5-14(20)9-15(11)19-10-12-8-13(18)4-6-16(12)21/h2,4-6,8-10,20-21H,3,7H2,1H3. The highest BCUT2D eigenvalue weighted by atomic mass is 79.9. The van der Waals surface area contributed by atoms with Gasteiger partial charge < -0.3 is 14.9 Å². The summed E-state index contributed by atoms with van der Waals surface area (Å²) in [7, 11) is 1.34. The van der Waals surface area contributed by atoms with Crippen molar-refractivity contribution in [2.75, 3.05) is 7.11 Å². The number of phenols is 2. The number of aliphatic imine (C=N–C) groups is 1. The van der Waals surface area contributed by atoms with Crippen LogP contribution in [0.2, 0.25) is 0 Å². The minimum atomic E-state index is -0.308. The van der Waals surface area contributed by atoms with Gasteiger partial charge in [0.2, 0.25) is 0 Å². The second-order valence-electron chi connectivity index (χ2n) is 4.85. The molecule has 0 radical (unpaired) electrons. The van der Waals surface area contributed by atoms with Crippen LogP contribution >= 0.6 is 15.9 Å². The number of rotatable bonds is 5. The van der Waals surface area contributed by atoms with Gasteiger partial charge in [0, 0.05) is 28.7 Å². The Morgan fingerprint density at radius 2 is 2.04 bits per heavy atom. The van der Waals surface area contributed by atoms with Crippen LogP contribution in [0.4, 0.5) is 5.69 Å². The molecular weight excluding hydrogens is 362 g/mol. The zero-order chi connectivity index (χ0) is 16.8. The van der Waals surface area contributed by atoms with E-state index in [0.29, 0.717) is 17.7 Å². The van der Waals surface area contributed by atoms with E-state index in [1.807, 2.05) is 0 Å². The molecule has 23 heavy (non-hydrogen) atoms. The minimum Gasteiger partial charge on any atom is -0.508 e. The molecule has 0 atom stereocenters. The van der Waals surface area contributed by atoms with Crippen molar-refractivity contribution < 1.29 is 19.7 Å². The average molecular weight is 378 g/mol. The number of nitrogens with zero attached hydrogens (tertiary/aromatic N) is 1. The van der Waals surface area contributed by atoms with Crippen LogP contribution in [0.1, 0.15) is 17.5 Å². The average Bonchev–Trinajstić information content (AvgIpc) is 2.54. The number of hydrogen-bond acceptors (Lipinski definition) is 5. The van der Waals surface area contributed by atoms with Gasteiger partial charge in [-0.1, -0.05) is 22.0 Å². The van der Waals surface area contributed by atoms with Crippen LogP contribution in [0.5, 0.6) is 11.5 Å². The molecule has 0 saturated carbocycles. The molecule has 120 valence electrons. The second-order valence-corrected chi connectivity index (χ2v) is 5.77. The number of carbonyl (C=O) groups is 1. The third-order valence-corrected chi connectivity index (χ3v) is 3.72. The molecule has 2 N–H and O–H groups in total. The lowest BCUT2D eigenvalue weighted by molar-refractivity contribution is -0.140. The third-order valence-electron chi connectivity index (χ3n) is 3.23. The maximum Gasteiger partial charge on any atom is 0.305 e. The van der Waals surface area contributed by atoms with Crippen molar-refractivity contribution in [3.05, 3.63) is 52.0 Å². The van der Waals surface area contributed by atoms with E-state index in [4.69, 9.17) is 0 Å². The van der Waals surface area contributed by atoms with Crippen molar-refractivity contribution in [3.63, 3.8) is 0 Å². The maximum absolute atomic E-state index is 11.3. The molecule has 0 aromatic heterocycles. The van der Waals surface area contributed by atoms with Gasteiger partial charge in [-0.25, -0.2) is 0 Å². The first-order valence-corrected chi connectivity index (χ1v) is 7.70. The Hall–Kier alpha value is -2.34. The summed E-state index contributed by atoms with van der Waals surface area (Å²) in [4.78, 5) is 15.6. The highest BCUT2D eigenvalue weighted by molar-refractivity contribution is 9.10. The fourth-order valence-corrected chi connectivity index (χ4v) is 2.37. The smallest absolute Gasteiger partial charge is 0.305 e. The predicted molar refractivity (Wildman–Crippen MR) is 91.5 cm³/mol. The van der Waals surface area contributed by atoms with E-state index >= 15 is 0 Å². The number of esters is 1. The Labute approximate surface area is 142 Å². The molecule has 0 heterocycles. The summed E-state index contributed by atoms with van der Waals surface area (Å²) in [5, 5.41) is 19.5. The van der Waals surface area contributed by atoms with E-state index in [2.05, 4.69) is 25.7 Å². The first-order valence-electron chi connectivity index (χ1n) is 6.91. The van der Waals surface area contributed by atoms with Crippen molar-refractivity contribution in [1.82, 2.24) is 0 Å². The number of ether oxygens (including phenoxy) is 1. The third kappa shape index (κ3) is 4.82. The van der Waals surface area contributed by atoms with Crippen molar-refractivity contribution in [2.45, 2.75) is 12.8 Å². The van der Waals surface area contributed by atoms with Crippen molar-refractivity contribution in [2.24, 2.45) is 4.99 Å². The number of hydrogen-bond donors (Lipinski definition) is 2. The number of methoxy groups -OCH3 is 1. The molecule has 0 aliphatic rings. The monoisotopic (exact) mass is 377 g/mol. The number of carbonyl (C=O) groups excluding carboxylic acids is 1. The molecule has 0 amide bonds. The lowest BCUT2D eigenvalue weighted by atomic mass is 10.1. The summed E-state index contributed by atoms with van der Waals surface area (Å²) in [6.45, 7) is 0. The molecule has 0 aliphatic heterocycles. The van der Waals surface area contributed by atoms with E-state index in [0.717, 1.165) is 10.0 Å². The molecule has 0 bridgehead atoms. The Balaban J connectivity index is 2.27. The Morgan fingerprint density at radius 3 is 2.78 bits per heavy atom. The predicted octanol–water partition coefficient (Wildman–Crippen LogP) is 3.72. The summed E-state index contributed by atoms with van der Waals surface area (Å²) in [6, 6.07) is 9.79. The molecule has 5 nitrogen and oxygen atoms in total. The maximum atomic E-state index is 11.3. The minimum absolute atomic E-state index is 0.0810. The number of aromatic hydroxyl groups is 2. The molecule has 0 spiro atoms. The van der Waals surface area contributed by atoms with E-state index < -0.39 is 0 Å². The van der Waals surface area contributed by atoms with Gasteiger partial charge >= 0.3 is 5.97 Å². The number of benzene rings is 2. The van der Waals surface area contributed by atoms with E-state index in [9.17, 15) is 15.0 Å². The number of aryl methyl sites for hydroxylation is 1. The molecule has 2 aromatic rings. The highest BCUT2D eigenvalue weighted by Crippen LogP contribution is 2.27. The van der Waals surface area contributed by atoms with Gasteiger partial charge in [-0.15, -0.1) is 0 Å². The molecule has 2 rings (SSSR count). The van der Waals surface area contributed by atoms with Gasteiger partial charge in [0.1, 0.15) is 11.5 Å². The molecule has 6 heteroatoms. The molecule has 0 aliphatic carbocycles. The number of phenolic OH excluding ortho intramolecular Hbond substituents is 2. The normalized spacial score (nSPS) is 10.9. The second kappa shape index (κ2) is 7.78. The van der Waals surface area contributed by atoms with E-state index in [1.54, 1.807) is 30.3 Å². The summed E-state index contributed by atoms with van der Waals surface area (Å²) in [5.41, 5.74) is 1.88. The fraction of sp³-hybridized carbons (Fsp3) is 0.176. The van der Waals surface area contributed by atoms with Crippen LogP contribution in [0.25, 0.3) is 0 Å². The zero-order valence-corrected chi connectivity index (χ0v) is 14.1. The van der Waals surface area contributed by atoms with Crippen LogP contribution in [0, 0.1) is 0 Å². The van der Waals surface area contributed by atoms with Gasteiger partial charge in [-0.3, -0.25) is 9.79 Å². The van der Waals surface area contributed by atoms with Crippen molar-refractivity contribution in [1.29, 1.82) is 0 Å². The van der Waals surface area contributed by atoms with E-state index in [-0.39, 0.29) is 23.9 Å². The molecule has 0 fully saturated rings. The van der Waals surface area contributed by atoms with Gasteiger partial charge in [-0.05, 0) is 36.2 Å². The highest BCUT2D eigenvalue weighted by Gasteiger charge is 2.07. The summed E-state index contributed by atoms with van der Waals surface area (Å²) in [6.07, 6.45) is 2.19. The lowest BCUT2D eigenvalue weighted by Gasteiger charge is -2.06. The van der Waals surface area contributed by atoms with Gasteiger partial charge in [-0.2, -0.15) is 0 Å². The van der Waals surface area contributed by atoms with Gasteiger partial charge in [0.25, 0.3) is 0 Å². The first kappa shape index (κ1) is 17.0. The van der Waals surface area contributed by atoms with Crippen LogP contribution in [-0.2, 0) is 16.0 Å². The summed E-state index contributed by atoms with van der Waals surface area (Å²) < 4.78 is 5.45. The zero-order valence-electron chi connectivity index (χ0n) is 12.5. The Bertz CT molecular complexity index is 743. The van der Waals surface area contributed by atoms with Crippen LogP contribution < -0.4 is 0 Å². The first-order chi connectivity index (χ1) is 11.0. The largest absolute Gasteiger partial charge is 0.508 e. The molecule has 0 unspecified atom stereocenters. The Morgan fingerprint density at radius 1 is 1.26 bits per heavy atom. The topological polar surface area (TPSA) is 79.1 Å². The Kier molecular flexibility index (Phi) is 5.76. The van der Waals surface area contributed by atoms with Gasteiger partial charge in [0.05, 0.1) is 12.8 Å². The molecule has 2 aromatic carbocycles. The lowest BCUT2D eigenvalue weighted by Crippen LogP contribution is -2.02. The fourth-order valence-electron chi connectivity index (χ4n) is 1.99.